The van der Waals surface area contributed by atoms with Crippen molar-refractivity contribution < 1.29 is 0 Å². The van der Waals surface area contributed by atoms with Crippen LogP contribution in [0.15, 0.2) is 85.3 Å². The van der Waals surface area contributed by atoms with E-state index in [0.717, 1.165) is 147 Å². The Morgan fingerprint density at radius 2 is 0.554 bits per heavy atom. The molecule has 17 aliphatic rings. The van der Waals surface area contributed by atoms with E-state index in [4.69, 9.17) is 15.0 Å². The van der Waals surface area contributed by atoms with Gasteiger partial charge in [-0.15, -0.1) is 0 Å². The molecule has 0 spiro atoms. The van der Waals surface area contributed by atoms with Crippen LogP contribution >= 0.6 is 0 Å². The van der Waals surface area contributed by atoms with E-state index in [1.54, 1.807) is 56.9 Å². The van der Waals surface area contributed by atoms with Gasteiger partial charge in [0.25, 0.3) is 0 Å². The number of benzene rings is 1. The van der Waals surface area contributed by atoms with Crippen LogP contribution < -0.4 is 0 Å². The van der Waals surface area contributed by atoms with Crippen LogP contribution in [0.2, 0.25) is 0 Å². The Kier molecular flexibility index (Phi) is 5.64. The molecule has 0 aliphatic heterocycles. The second-order valence-corrected chi connectivity index (χ2v) is 27.6. The van der Waals surface area contributed by atoms with Crippen molar-refractivity contribution in [2.45, 2.75) is 57.3 Å². The maximum absolute atomic E-state index is 5.15. The van der Waals surface area contributed by atoms with E-state index in [1.807, 2.05) is 18.6 Å². The van der Waals surface area contributed by atoms with Crippen LogP contribution in [0.3, 0.4) is 0 Å². The van der Waals surface area contributed by atoms with Gasteiger partial charge in [-0.25, -0.2) is 0 Å². The minimum atomic E-state index is 0.699. The molecule has 0 N–H and O–H groups in total. The summed E-state index contributed by atoms with van der Waals surface area (Å²) >= 11 is 0. The predicted molar refractivity (Wildman–Crippen MR) is 247 cm³/mol. The van der Waals surface area contributed by atoms with Crippen molar-refractivity contribution in [2.24, 2.45) is 189 Å². The van der Waals surface area contributed by atoms with E-state index in [2.05, 4.69) is 66.7 Å². The van der Waals surface area contributed by atoms with Crippen molar-refractivity contribution in [3.63, 3.8) is 0 Å². The number of hydrogen-bond donors (Lipinski definition) is 0. The minimum absolute atomic E-state index is 0.699. The maximum atomic E-state index is 5.15. The molecule has 0 radical (unpaired) electrons. The SMILES string of the molecule is c1ccc(-c2cc(C3C4C5C6CCC7C8CCC9C%10CCC%11C%12CCC%13C(C34)C3C5C4C6C7C5C8C9C6C%10C%11C7C%12C%13C3C3C7C6C5C43)cc(-c3ccccn3)c2-c2ccccn2)nc1. The molecule has 0 bridgehead atoms. The van der Waals surface area contributed by atoms with E-state index < -0.39 is 0 Å². The van der Waals surface area contributed by atoms with Crippen LogP contribution in [0.1, 0.15) is 62.8 Å². The molecule has 3 nitrogen and oxygen atoms in total. The average molecular weight is 850 g/mol. The van der Waals surface area contributed by atoms with Gasteiger partial charge in [0.2, 0.25) is 0 Å². The highest BCUT2D eigenvalue weighted by Gasteiger charge is 2.90. The van der Waals surface area contributed by atoms with Crippen molar-refractivity contribution in [1.29, 1.82) is 0 Å². The van der Waals surface area contributed by atoms with Crippen LogP contribution in [0.25, 0.3) is 33.8 Å². The lowest BCUT2D eigenvalue weighted by Crippen LogP contribution is -2.58. The smallest absolute Gasteiger partial charge is 0.0715 e. The van der Waals surface area contributed by atoms with Gasteiger partial charge < -0.3 is 0 Å². The quantitative estimate of drug-likeness (QED) is 0.205. The molecule has 65 heavy (non-hydrogen) atoms. The van der Waals surface area contributed by atoms with Crippen LogP contribution in [0, 0.1) is 189 Å². The van der Waals surface area contributed by atoms with Crippen LogP contribution in [0.5, 0.6) is 0 Å². The zero-order chi connectivity index (χ0) is 40.8. The van der Waals surface area contributed by atoms with Crippen molar-refractivity contribution >= 4 is 0 Å². The van der Waals surface area contributed by atoms with E-state index in [9.17, 15) is 0 Å². The summed E-state index contributed by atoms with van der Waals surface area (Å²) < 4.78 is 0. The van der Waals surface area contributed by atoms with Crippen molar-refractivity contribution in [3.05, 3.63) is 90.9 Å². The largest absolute Gasteiger partial charge is 0.256 e. The minimum Gasteiger partial charge on any atom is -0.256 e. The standard InChI is InChI=1S/C62H63N3/c1-4-18-63-34(7-1)32-21-23(22-33(35-8-2-5-19-64-35)38(32)36-9-3-6-20-65-36)37-49-47-30-16-14-28-26-12-10-24-25-11-13-27-29-15-17-31-46-44(29)53-42(27)40(25)51-39(24)41(26)52-43(28)45(30)54-56(47)57(48(31)50(37)49)55(46)62-60(53)58(51)59(52)61(54)62/h1-9,18-22,24-31,37,39-62H,10-17H2. The summed E-state index contributed by atoms with van der Waals surface area (Å²) in [5.41, 5.74) is 8.66. The first-order valence-electron chi connectivity index (χ1n) is 28.3. The zero-order valence-electron chi connectivity index (χ0n) is 37.6. The third-order valence-electron chi connectivity index (χ3n) is 28.3. The van der Waals surface area contributed by atoms with Crippen LogP contribution in [-0.2, 0) is 0 Å². The first kappa shape index (κ1) is 34.0. The van der Waals surface area contributed by atoms with Gasteiger partial charge >= 0.3 is 0 Å². The van der Waals surface area contributed by atoms with Crippen molar-refractivity contribution in [3.8, 4) is 33.8 Å². The Hall–Kier alpha value is -3.33. The fourth-order valence-electron chi connectivity index (χ4n) is 29.4. The Morgan fingerprint density at radius 1 is 0.277 bits per heavy atom. The molecule has 0 amide bonds. The lowest BCUT2D eigenvalue weighted by molar-refractivity contribution is -0.148. The molecule has 30 unspecified atom stereocenters. The summed E-state index contributed by atoms with van der Waals surface area (Å²) in [4.78, 5) is 15.4. The van der Waals surface area contributed by atoms with Gasteiger partial charge in [0.05, 0.1) is 17.1 Å². The highest BCUT2D eigenvalue weighted by atomic mass is 14.9. The predicted octanol–water partition coefficient (Wildman–Crippen LogP) is 12.0. The summed E-state index contributed by atoms with van der Waals surface area (Å²) in [7, 11) is 0. The molecule has 17 aliphatic carbocycles. The highest BCUT2D eigenvalue weighted by Crippen LogP contribution is 2.95. The second-order valence-electron chi connectivity index (χ2n) is 27.6. The summed E-state index contributed by atoms with van der Waals surface area (Å²) in [6, 6.07) is 25.0. The molecule has 4 aromatic rings. The molecule has 3 heterocycles. The second kappa shape index (κ2) is 10.8. The van der Waals surface area contributed by atoms with Crippen molar-refractivity contribution in [2.75, 3.05) is 0 Å². The molecule has 30 atom stereocenters. The van der Waals surface area contributed by atoms with Gasteiger partial charge in [0, 0.05) is 35.3 Å². The summed E-state index contributed by atoms with van der Waals surface area (Å²) in [6.45, 7) is 0. The molecule has 1 aromatic carbocycles. The number of hydrogen-bond acceptors (Lipinski definition) is 3. The maximum Gasteiger partial charge on any atom is 0.0715 e. The van der Waals surface area contributed by atoms with Gasteiger partial charge in [-0.3, -0.25) is 15.0 Å². The van der Waals surface area contributed by atoms with E-state index in [1.165, 1.54) is 75.9 Å². The first-order valence-corrected chi connectivity index (χ1v) is 28.3. The molecule has 3 heteroatoms. The summed E-state index contributed by atoms with van der Waals surface area (Å²) in [6.07, 6.45) is 19.2. The molecule has 17 fully saturated rings. The van der Waals surface area contributed by atoms with E-state index in [-0.39, 0.29) is 0 Å². The topological polar surface area (TPSA) is 38.7 Å². The lowest BCUT2D eigenvalue weighted by atomic mass is 9.43. The molecule has 326 valence electrons. The first-order chi connectivity index (χ1) is 32.3. The molecular weight excluding hydrogens is 787 g/mol. The fourth-order valence-corrected chi connectivity index (χ4v) is 29.4. The number of aromatic nitrogens is 3. The zero-order valence-corrected chi connectivity index (χ0v) is 37.6. The summed E-state index contributed by atoms with van der Waals surface area (Å²) in [5.74, 6) is 36.4. The van der Waals surface area contributed by atoms with Gasteiger partial charge in [-0.2, -0.15) is 0 Å². The summed E-state index contributed by atoms with van der Waals surface area (Å²) in [5, 5.41) is 0. The van der Waals surface area contributed by atoms with Crippen molar-refractivity contribution in [1.82, 2.24) is 15.0 Å². The van der Waals surface area contributed by atoms with Gasteiger partial charge in [0.15, 0.2) is 0 Å². The Morgan fingerprint density at radius 3 is 0.892 bits per heavy atom. The van der Waals surface area contributed by atoms with E-state index >= 15 is 0 Å². The number of pyridine rings is 3. The average Bonchev–Trinajstić information content (AvgIpc) is 3.88. The number of nitrogens with zero attached hydrogens (tertiary/aromatic N) is 3. The van der Waals surface area contributed by atoms with Gasteiger partial charge in [-0.05, 0) is 301 Å². The lowest BCUT2D eigenvalue weighted by Gasteiger charge is -2.61. The van der Waals surface area contributed by atoms with Crippen LogP contribution in [-0.4, -0.2) is 15.0 Å². The van der Waals surface area contributed by atoms with E-state index in [0.29, 0.717) is 5.92 Å². The Balaban J connectivity index is 0.815. The molecular formula is C62H63N3. The molecule has 3 aromatic heterocycles. The third-order valence-corrected chi connectivity index (χ3v) is 28.3. The highest BCUT2D eigenvalue weighted by molar-refractivity contribution is 5.92. The molecule has 17 saturated carbocycles. The van der Waals surface area contributed by atoms with Gasteiger partial charge in [-0.1, -0.05) is 18.2 Å². The Bertz CT molecular complexity index is 2640. The third kappa shape index (κ3) is 3.32. The molecule has 21 rings (SSSR count). The number of fused-ring (bicyclic) bond motifs is 8. The monoisotopic (exact) mass is 850 g/mol. The molecule has 0 saturated heterocycles. The fraction of sp³-hybridized carbons (Fsp3) is 0.661. The number of rotatable bonds is 4. The van der Waals surface area contributed by atoms with Gasteiger partial charge in [0.1, 0.15) is 0 Å². The Labute approximate surface area is 384 Å². The normalized spacial score (nSPS) is 61.8. The van der Waals surface area contributed by atoms with Crippen LogP contribution in [0.4, 0.5) is 0 Å².